The summed E-state index contributed by atoms with van der Waals surface area (Å²) in [6, 6.07) is 8.03. The van der Waals surface area contributed by atoms with Crippen LogP contribution in [0.25, 0.3) is 10.9 Å². The molecule has 17 heavy (non-hydrogen) atoms. The van der Waals surface area contributed by atoms with Gasteiger partial charge in [-0.15, -0.1) is 0 Å². The molecule has 0 atom stereocenters. The Balaban J connectivity index is 2.41. The third-order valence-corrected chi connectivity index (χ3v) is 3.39. The third kappa shape index (κ3) is 2.77. The quantitative estimate of drug-likeness (QED) is 0.847. The molecule has 0 spiro atoms. The van der Waals surface area contributed by atoms with Gasteiger partial charge in [-0.05, 0) is 37.6 Å². The molecule has 0 saturated heterocycles. The largest absolute Gasteiger partial charge is 0.481 e. The topological polar surface area (TPSA) is 50.2 Å². The summed E-state index contributed by atoms with van der Waals surface area (Å²) in [6.07, 6.45) is 0. The van der Waals surface area contributed by atoms with Gasteiger partial charge in [-0.25, -0.2) is 4.98 Å². The highest BCUT2D eigenvalue weighted by Crippen LogP contribution is 2.24. The number of aromatic nitrogens is 1. The van der Waals surface area contributed by atoms with Crippen molar-refractivity contribution in [3.63, 3.8) is 0 Å². The minimum atomic E-state index is -0.821. The van der Waals surface area contributed by atoms with Gasteiger partial charge in [-0.1, -0.05) is 23.4 Å². The highest BCUT2D eigenvalue weighted by atomic mass is 32.2. The SMILES string of the molecule is Cc1ccc2nc(SCC(=O)O)cc(C)c2c1. The summed E-state index contributed by atoms with van der Waals surface area (Å²) in [5.74, 6) is -0.775. The van der Waals surface area contributed by atoms with Crippen molar-refractivity contribution < 1.29 is 9.90 Å². The Morgan fingerprint density at radius 2 is 2.12 bits per heavy atom. The Morgan fingerprint density at radius 1 is 1.35 bits per heavy atom. The van der Waals surface area contributed by atoms with E-state index >= 15 is 0 Å². The molecule has 0 saturated carbocycles. The van der Waals surface area contributed by atoms with Crippen molar-refractivity contribution in [2.24, 2.45) is 0 Å². The molecule has 0 fully saturated rings. The smallest absolute Gasteiger partial charge is 0.313 e. The number of pyridine rings is 1. The minimum Gasteiger partial charge on any atom is -0.481 e. The van der Waals surface area contributed by atoms with Crippen LogP contribution in [0.15, 0.2) is 29.3 Å². The van der Waals surface area contributed by atoms with Crippen molar-refractivity contribution in [3.8, 4) is 0 Å². The zero-order valence-corrected chi connectivity index (χ0v) is 10.5. The number of aliphatic carboxylic acids is 1. The second kappa shape index (κ2) is 4.75. The lowest BCUT2D eigenvalue weighted by atomic mass is 10.1. The van der Waals surface area contributed by atoms with E-state index in [1.54, 1.807) is 0 Å². The fraction of sp³-hybridized carbons (Fsp3) is 0.231. The van der Waals surface area contributed by atoms with Crippen LogP contribution in [0.4, 0.5) is 0 Å². The Hall–Kier alpha value is -1.55. The Morgan fingerprint density at radius 3 is 2.82 bits per heavy atom. The maximum atomic E-state index is 10.5. The first kappa shape index (κ1) is 11.9. The van der Waals surface area contributed by atoms with Gasteiger partial charge < -0.3 is 5.11 Å². The van der Waals surface area contributed by atoms with Crippen molar-refractivity contribution in [2.75, 3.05) is 5.75 Å². The first-order valence-electron chi connectivity index (χ1n) is 5.29. The molecule has 1 aromatic carbocycles. The summed E-state index contributed by atoms with van der Waals surface area (Å²) < 4.78 is 0. The fourth-order valence-corrected chi connectivity index (χ4v) is 2.38. The Kier molecular flexibility index (Phi) is 3.33. The number of fused-ring (bicyclic) bond motifs is 1. The van der Waals surface area contributed by atoms with Gasteiger partial charge in [0.15, 0.2) is 0 Å². The summed E-state index contributed by atoms with van der Waals surface area (Å²) in [5.41, 5.74) is 3.25. The number of thioether (sulfide) groups is 1. The number of nitrogens with zero attached hydrogens (tertiary/aromatic N) is 1. The average Bonchev–Trinajstić information content (AvgIpc) is 2.27. The molecular weight excluding hydrogens is 234 g/mol. The van der Waals surface area contributed by atoms with Crippen LogP contribution >= 0.6 is 11.8 Å². The van der Waals surface area contributed by atoms with Crippen molar-refractivity contribution >= 4 is 28.6 Å². The van der Waals surface area contributed by atoms with E-state index in [1.165, 1.54) is 17.3 Å². The summed E-state index contributed by atoms with van der Waals surface area (Å²) >= 11 is 1.25. The maximum absolute atomic E-state index is 10.5. The molecule has 0 amide bonds. The fourth-order valence-electron chi connectivity index (χ4n) is 1.69. The lowest BCUT2D eigenvalue weighted by Crippen LogP contribution is -1.98. The molecule has 4 heteroatoms. The summed E-state index contributed by atoms with van der Waals surface area (Å²) in [5, 5.41) is 10.5. The van der Waals surface area contributed by atoms with E-state index in [4.69, 9.17) is 5.11 Å². The minimum absolute atomic E-state index is 0.0454. The van der Waals surface area contributed by atoms with E-state index in [2.05, 4.69) is 11.1 Å². The Bertz CT molecular complexity index is 581. The number of carbonyl (C=O) groups is 1. The van der Waals surface area contributed by atoms with Gasteiger partial charge in [0, 0.05) is 5.39 Å². The molecule has 1 N–H and O–H groups in total. The van der Waals surface area contributed by atoms with Gasteiger partial charge in [-0.2, -0.15) is 0 Å². The normalized spacial score (nSPS) is 10.7. The van der Waals surface area contributed by atoms with E-state index in [-0.39, 0.29) is 5.75 Å². The molecule has 2 rings (SSSR count). The first-order valence-corrected chi connectivity index (χ1v) is 6.27. The van der Waals surface area contributed by atoms with Crippen molar-refractivity contribution in [3.05, 3.63) is 35.4 Å². The number of aryl methyl sites for hydroxylation is 2. The zero-order valence-electron chi connectivity index (χ0n) is 9.73. The molecular formula is C13H13NO2S. The molecule has 88 valence electrons. The van der Waals surface area contributed by atoms with E-state index in [1.807, 2.05) is 32.0 Å². The van der Waals surface area contributed by atoms with E-state index < -0.39 is 5.97 Å². The molecule has 1 aromatic heterocycles. The second-order valence-corrected chi connectivity index (χ2v) is 4.98. The van der Waals surface area contributed by atoms with E-state index in [0.29, 0.717) is 0 Å². The first-order chi connectivity index (χ1) is 8.06. The van der Waals surface area contributed by atoms with Crippen LogP contribution in [0.5, 0.6) is 0 Å². The standard InChI is InChI=1S/C13H13NO2S/c1-8-3-4-11-10(5-8)9(2)6-12(14-11)17-7-13(15)16/h3-6H,7H2,1-2H3,(H,15,16). The lowest BCUT2D eigenvalue weighted by molar-refractivity contribution is -0.133. The maximum Gasteiger partial charge on any atom is 0.313 e. The lowest BCUT2D eigenvalue weighted by Gasteiger charge is -2.06. The van der Waals surface area contributed by atoms with Crippen LogP contribution in [-0.2, 0) is 4.79 Å². The monoisotopic (exact) mass is 247 g/mol. The number of carboxylic acid groups (broad SMARTS) is 1. The van der Waals surface area contributed by atoms with Crippen molar-refractivity contribution in [1.82, 2.24) is 4.98 Å². The molecule has 0 aliphatic rings. The van der Waals surface area contributed by atoms with Gasteiger partial charge in [0.25, 0.3) is 0 Å². The van der Waals surface area contributed by atoms with Gasteiger partial charge in [0.05, 0.1) is 16.3 Å². The van der Waals surface area contributed by atoms with Crippen molar-refractivity contribution in [1.29, 1.82) is 0 Å². The number of benzene rings is 1. The number of rotatable bonds is 3. The molecule has 0 radical (unpaired) electrons. The number of hydrogen-bond acceptors (Lipinski definition) is 3. The molecule has 0 bridgehead atoms. The molecule has 0 aliphatic heterocycles. The van der Waals surface area contributed by atoms with Crippen LogP contribution in [0, 0.1) is 13.8 Å². The van der Waals surface area contributed by atoms with Gasteiger partial charge >= 0.3 is 5.97 Å². The van der Waals surface area contributed by atoms with Crippen LogP contribution < -0.4 is 0 Å². The van der Waals surface area contributed by atoms with Crippen LogP contribution in [0.3, 0.4) is 0 Å². The zero-order chi connectivity index (χ0) is 12.4. The molecule has 2 aromatic rings. The van der Waals surface area contributed by atoms with E-state index in [0.717, 1.165) is 21.5 Å². The van der Waals surface area contributed by atoms with Gasteiger partial charge in [-0.3, -0.25) is 4.79 Å². The molecule has 0 unspecified atom stereocenters. The molecule has 3 nitrogen and oxygen atoms in total. The number of carboxylic acids is 1. The third-order valence-electron chi connectivity index (χ3n) is 2.49. The predicted octanol–water partition coefficient (Wildman–Crippen LogP) is 3.03. The van der Waals surface area contributed by atoms with Crippen LogP contribution in [0.2, 0.25) is 0 Å². The van der Waals surface area contributed by atoms with Crippen LogP contribution in [-0.4, -0.2) is 21.8 Å². The number of hydrogen-bond donors (Lipinski definition) is 1. The summed E-state index contributed by atoms with van der Waals surface area (Å²) in [7, 11) is 0. The highest BCUT2D eigenvalue weighted by molar-refractivity contribution is 7.99. The van der Waals surface area contributed by atoms with Gasteiger partial charge in [0.2, 0.25) is 0 Å². The average molecular weight is 247 g/mol. The summed E-state index contributed by atoms with van der Waals surface area (Å²) in [6.45, 7) is 4.07. The van der Waals surface area contributed by atoms with Crippen molar-refractivity contribution in [2.45, 2.75) is 18.9 Å². The molecule has 0 aliphatic carbocycles. The molecule has 1 heterocycles. The van der Waals surface area contributed by atoms with E-state index in [9.17, 15) is 4.79 Å². The summed E-state index contributed by atoms with van der Waals surface area (Å²) in [4.78, 5) is 15.0. The highest BCUT2D eigenvalue weighted by Gasteiger charge is 2.05. The van der Waals surface area contributed by atoms with Crippen LogP contribution in [0.1, 0.15) is 11.1 Å². The van der Waals surface area contributed by atoms with Gasteiger partial charge in [0.1, 0.15) is 0 Å². The predicted molar refractivity (Wildman–Crippen MR) is 69.6 cm³/mol. The Labute approximate surface area is 104 Å². The second-order valence-electron chi connectivity index (χ2n) is 3.98.